The van der Waals surface area contributed by atoms with Crippen LogP contribution in [0.2, 0.25) is 0 Å². The molecule has 0 radical (unpaired) electrons. The first-order valence-electron chi connectivity index (χ1n) is 10.1. The molecule has 0 fully saturated rings. The van der Waals surface area contributed by atoms with Gasteiger partial charge in [0.05, 0.1) is 12.8 Å². The van der Waals surface area contributed by atoms with Crippen molar-refractivity contribution < 1.29 is 14.0 Å². The third-order valence-corrected chi connectivity index (χ3v) is 4.85. The molecule has 0 unspecified atom stereocenters. The minimum absolute atomic E-state index is 0.0721. The lowest BCUT2D eigenvalue weighted by atomic mass is 10.2. The molecule has 0 bridgehead atoms. The van der Waals surface area contributed by atoms with Gasteiger partial charge in [0.25, 0.3) is 0 Å². The lowest BCUT2D eigenvalue weighted by Crippen LogP contribution is -2.44. The van der Waals surface area contributed by atoms with Crippen LogP contribution in [-0.2, 0) is 17.9 Å². The summed E-state index contributed by atoms with van der Waals surface area (Å²) < 4.78 is 5.44. The van der Waals surface area contributed by atoms with Crippen LogP contribution in [0.15, 0.2) is 90.1 Å². The summed E-state index contributed by atoms with van der Waals surface area (Å²) in [5.74, 6) is 0.506. The standard InChI is InChI=1S/C25H27N3O3/c1-3-15-27(25(30)26-23-14-8-7-10-20(23)2)19-24(29)28(18-22-13-9-16-31-22)17-21-11-5-4-6-12-21/h3-14,16H,1,15,17-19H2,2H3,(H,26,30). The second-order valence-corrected chi connectivity index (χ2v) is 7.23. The van der Waals surface area contributed by atoms with Crippen molar-refractivity contribution in [2.45, 2.75) is 20.0 Å². The average Bonchev–Trinajstić information content (AvgIpc) is 3.28. The second-order valence-electron chi connectivity index (χ2n) is 7.23. The van der Waals surface area contributed by atoms with Crippen molar-refractivity contribution in [3.05, 3.63) is 103 Å². The maximum atomic E-state index is 13.2. The molecule has 6 heteroatoms. The summed E-state index contributed by atoms with van der Waals surface area (Å²) >= 11 is 0. The second kappa shape index (κ2) is 10.8. The number of aryl methyl sites for hydroxylation is 1. The molecule has 3 aromatic rings. The average molecular weight is 418 g/mol. The largest absolute Gasteiger partial charge is 0.467 e. The molecule has 1 heterocycles. The highest BCUT2D eigenvalue weighted by atomic mass is 16.3. The summed E-state index contributed by atoms with van der Waals surface area (Å²) in [7, 11) is 0. The topological polar surface area (TPSA) is 65.8 Å². The van der Waals surface area contributed by atoms with Crippen LogP contribution in [0.3, 0.4) is 0 Å². The third kappa shape index (κ3) is 6.34. The van der Waals surface area contributed by atoms with Crippen LogP contribution in [0, 0.1) is 6.92 Å². The molecule has 3 amide bonds. The molecule has 0 aliphatic heterocycles. The van der Waals surface area contributed by atoms with E-state index in [2.05, 4.69) is 11.9 Å². The van der Waals surface area contributed by atoms with Crippen molar-refractivity contribution in [1.29, 1.82) is 0 Å². The molecule has 0 atom stereocenters. The fourth-order valence-corrected chi connectivity index (χ4v) is 3.17. The van der Waals surface area contributed by atoms with Gasteiger partial charge in [0, 0.05) is 18.8 Å². The van der Waals surface area contributed by atoms with Gasteiger partial charge < -0.3 is 19.5 Å². The number of carbonyl (C=O) groups excluding carboxylic acids is 2. The van der Waals surface area contributed by atoms with Crippen LogP contribution in [0.5, 0.6) is 0 Å². The van der Waals surface area contributed by atoms with Gasteiger partial charge in [-0.3, -0.25) is 4.79 Å². The highest BCUT2D eigenvalue weighted by Crippen LogP contribution is 2.15. The summed E-state index contributed by atoms with van der Waals surface area (Å²) in [6, 6.07) is 20.5. The maximum Gasteiger partial charge on any atom is 0.322 e. The van der Waals surface area contributed by atoms with E-state index >= 15 is 0 Å². The molecular formula is C25H27N3O3. The van der Waals surface area contributed by atoms with Crippen LogP contribution in [-0.4, -0.2) is 34.8 Å². The molecule has 0 spiro atoms. The number of rotatable bonds is 9. The van der Waals surface area contributed by atoms with Crippen molar-refractivity contribution in [3.63, 3.8) is 0 Å². The van der Waals surface area contributed by atoms with E-state index in [9.17, 15) is 9.59 Å². The number of amides is 3. The minimum atomic E-state index is -0.347. The molecular weight excluding hydrogens is 390 g/mol. The molecule has 1 N–H and O–H groups in total. The normalized spacial score (nSPS) is 10.4. The van der Waals surface area contributed by atoms with Crippen molar-refractivity contribution in [2.75, 3.05) is 18.4 Å². The van der Waals surface area contributed by atoms with Crippen molar-refractivity contribution >= 4 is 17.6 Å². The number of carbonyl (C=O) groups is 2. The van der Waals surface area contributed by atoms with E-state index in [0.717, 1.165) is 11.1 Å². The highest BCUT2D eigenvalue weighted by molar-refractivity contribution is 5.93. The van der Waals surface area contributed by atoms with Gasteiger partial charge in [-0.15, -0.1) is 6.58 Å². The SMILES string of the molecule is C=CCN(CC(=O)N(Cc1ccccc1)Cc1ccco1)C(=O)Nc1ccccc1C. The van der Waals surface area contributed by atoms with Gasteiger partial charge in [-0.05, 0) is 36.2 Å². The fourth-order valence-electron chi connectivity index (χ4n) is 3.17. The minimum Gasteiger partial charge on any atom is -0.467 e. The van der Waals surface area contributed by atoms with E-state index in [-0.39, 0.29) is 25.0 Å². The number of nitrogens with zero attached hydrogens (tertiary/aromatic N) is 2. The van der Waals surface area contributed by atoms with Gasteiger partial charge in [-0.25, -0.2) is 4.79 Å². The smallest absolute Gasteiger partial charge is 0.322 e. The van der Waals surface area contributed by atoms with E-state index in [4.69, 9.17) is 4.42 Å². The Kier molecular flexibility index (Phi) is 7.65. The van der Waals surface area contributed by atoms with Crippen LogP contribution >= 0.6 is 0 Å². The van der Waals surface area contributed by atoms with E-state index in [0.29, 0.717) is 24.5 Å². The van der Waals surface area contributed by atoms with Crippen LogP contribution < -0.4 is 5.32 Å². The van der Waals surface area contributed by atoms with Gasteiger partial charge in [0.1, 0.15) is 12.3 Å². The van der Waals surface area contributed by atoms with Gasteiger partial charge in [0.2, 0.25) is 5.91 Å². The zero-order valence-corrected chi connectivity index (χ0v) is 17.7. The fraction of sp³-hybridized carbons (Fsp3) is 0.200. The Balaban J connectivity index is 1.73. The molecule has 0 aliphatic carbocycles. The first-order chi connectivity index (χ1) is 15.1. The van der Waals surface area contributed by atoms with Crippen molar-refractivity contribution in [3.8, 4) is 0 Å². The van der Waals surface area contributed by atoms with E-state index in [1.54, 1.807) is 23.3 Å². The summed E-state index contributed by atoms with van der Waals surface area (Å²) in [6.45, 7) is 6.57. The molecule has 0 aliphatic rings. The molecule has 31 heavy (non-hydrogen) atoms. The molecule has 3 rings (SSSR count). The Morgan fingerprint density at radius 1 is 0.968 bits per heavy atom. The van der Waals surface area contributed by atoms with E-state index < -0.39 is 0 Å². The quantitative estimate of drug-likeness (QED) is 0.507. The lowest BCUT2D eigenvalue weighted by Gasteiger charge is -2.27. The van der Waals surface area contributed by atoms with Gasteiger partial charge >= 0.3 is 6.03 Å². The Hall–Kier alpha value is -3.80. The lowest BCUT2D eigenvalue weighted by molar-refractivity contribution is -0.133. The molecule has 6 nitrogen and oxygen atoms in total. The first kappa shape index (κ1) is 21.9. The first-order valence-corrected chi connectivity index (χ1v) is 10.1. The van der Waals surface area contributed by atoms with Crippen LogP contribution in [0.1, 0.15) is 16.9 Å². The number of hydrogen-bond donors (Lipinski definition) is 1. The molecule has 2 aromatic carbocycles. The van der Waals surface area contributed by atoms with Crippen molar-refractivity contribution in [1.82, 2.24) is 9.80 Å². The van der Waals surface area contributed by atoms with Crippen LogP contribution in [0.25, 0.3) is 0 Å². The summed E-state index contributed by atoms with van der Waals surface area (Å²) in [4.78, 5) is 29.2. The third-order valence-electron chi connectivity index (χ3n) is 4.85. The Bertz CT molecular complexity index is 1000. The van der Waals surface area contributed by atoms with Gasteiger partial charge in [-0.2, -0.15) is 0 Å². The Morgan fingerprint density at radius 2 is 1.71 bits per heavy atom. The number of para-hydroxylation sites is 1. The predicted octanol–water partition coefficient (Wildman–Crippen LogP) is 4.84. The highest BCUT2D eigenvalue weighted by Gasteiger charge is 2.22. The van der Waals surface area contributed by atoms with E-state index in [1.165, 1.54) is 4.90 Å². The number of benzene rings is 2. The van der Waals surface area contributed by atoms with Crippen LogP contribution in [0.4, 0.5) is 10.5 Å². The monoisotopic (exact) mass is 417 g/mol. The summed E-state index contributed by atoms with van der Waals surface area (Å²) in [5.41, 5.74) is 2.66. The zero-order valence-electron chi connectivity index (χ0n) is 17.7. The molecule has 1 aromatic heterocycles. The Labute approximate surface area is 182 Å². The summed E-state index contributed by atoms with van der Waals surface area (Å²) in [6.07, 6.45) is 3.19. The Morgan fingerprint density at radius 3 is 2.39 bits per heavy atom. The number of furan rings is 1. The molecule has 0 saturated heterocycles. The number of urea groups is 1. The summed E-state index contributed by atoms with van der Waals surface area (Å²) in [5, 5.41) is 2.88. The number of nitrogens with one attached hydrogen (secondary N) is 1. The number of hydrogen-bond acceptors (Lipinski definition) is 3. The van der Waals surface area contributed by atoms with Gasteiger partial charge in [0.15, 0.2) is 0 Å². The van der Waals surface area contributed by atoms with Gasteiger partial charge in [-0.1, -0.05) is 54.6 Å². The molecule has 160 valence electrons. The van der Waals surface area contributed by atoms with E-state index in [1.807, 2.05) is 67.6 Å². The molecule has 0 saturated carbocycles. The predicted molar refractivity (Wildman–Crippen MR) is 121 cm³/mol. The maximum absolute atomic E-state index is 13.2. The number of anilines is 1. The van der Waals surface area contributed by atoms with Crippen molar-refractivity contribution in [2.24, 2.45) is 0 Å². The zero-order chi connectivity index (χ0) is 22.1.